The first-order valence-corrected chi connectivity index (χ1v) is 5.86. The molecule has 1 amide bonds. The minimum Gasteiger partial charge on any atom is -0.352 e. The van der Waals surface area contributed by atoms with Gasteiger partial charge in [-0.05, 0) is 12.8 Å². The van der Waals surface area contributed by atoms with Gasteiger partial charge in [-0.15, -0.1) is 0 Å². The number of rotatable bonds is 5. The Balaban J connectivity index is 2.56. The molecular weight excluding hydrogens is 202 g/mol. The third kappa shape index (κ3) is 2.84. The molecule has 4 heteroatoms. The molecule has 16 heavy (non-hydrogen) atoms. The number of nitrogens with one attached hydrogen (secondary N) is 1. The number of nitrogens with zero attached hydrogens (tertiary/aromatic N) is 2. The molecule has 0 spiro atoms. The molecule has 1 heterocycles. The van der Waals surface area contributed by atoms with Crippen molar-refractivity contribution in [3.8, 4) is 0 Å². The van der Waals surface area contributed by atoms with Gasteiger partial charge < -0.3 is 5.32 Å². The molecule has 0 saturated heterocycles. The van der Waals surface area contributed by atoms with E-state index in [1.165, 1.54) is 0 Å². The van der Waals surface area contributed by atoms with Crippen LogP contribution in [-0.4, -0.2) is 22.2 Å². The van der Waals surface area contributed by atoms with E-state index in [9.17, 15) is 4.79 Å². The Morgan fingerprint density at radius 2 is 2.12 bits per heavy atom. The Hall–Kier alpha value is -1.32. The standard InChI is InChI=1S/C12H21N3O/c1-5-10(6-2)7-13-12(16)11-8-14-15(4)9(11)3/h8,10H,5-7H2,1-4H3,(H,13,16). The lowest BCUT2D eigenvalue weighted by molar-refractivity contribution is 0.0945. The highest BCUT2D eigenvalue weighted by Crippen LogP contribution is 2.08. The molecule has 0 radical (unpaired) electrons. The van der Waals surface area contributed by atoms with Gasteiger partial charge in [0.2, 0.25) is 0 Å². The maximum atomic E-state index is 11.9. The highest BCUT2D eigenvalue weighted by Gasteiger charge is 2.13. The SMILES string of the molecule is CCC(CC)CNC(=O)c1cnn(C)c1C. The van der Waals surface area contributed by atoms with Crippen molar-refractivity contribution in [1.82, 2.24) is 15.1 Å². The number of hydrogen-bond acceptors (Lipinski definition) is 2. The van der Waals surface area contributed by atoms with Crippen molar-refractivity contribution in [3.63, 3.8) is 0 Å². The van der Waals surface area contributed by atoms with E-state index < -0.39 is 0 Å². The summed E-state index contributed by atoms with van der Waals surface area (Å²) >= 11 is 0. The summed E-state index contributed by atoms with van der Waals surface area (Å²) in [4.78, 5) is 11.9. The molecule has 1 rings (SSSR count). The number of hydrogen-bond donors (Lipinski definition) is 1. The van der Waals surface area contributed by atoms with Crippen molar-refractivity contribution in [2.45, 2.75) is 33.6 Å². The smallest absolute Gasteiger partial charge is 0.254 e. The predicted octanol–water partition coefficient (Wildman–Crippen LogP) is 1.89. The van der Waals surface area contributed by atoms with Crippen molar-refractivity contribution < 1.29 is 4.79 Å². The Labute approximate surface area is 97.0 Å². The molecule has 0 aliphatic heterocycles. The topological polar surface area (TPSA) is 46.9 Å². The van der Waals surface area contributed by atoms with Gasteiger partial charge in [-0.1, -0.05) is 26.7 Å². The normalized spacial score (nSPS) is 10.8. The lowest BCUT2D eigenvalue weighted by atomic mass is 10.0. The van der Waals surface area contributed by atoms with Gasteiger partial charge in [-0.3, -0.25) is 9.48 Å². The van der Waals surface area contributed by atoms with E-state index in [0.29, 0.717) is 11.5 Å². The minimum atomic E-state index is -0.0162. The number of carbonyl (C=O) groups is 1. The van der Waals surface area contributed by atoms with E-state index in [2.05, 4.69) is 24.3 Å². The fraction of sp³-hybridized carbons (Fsp3) is 0.667. The van der Waals surface area contributed by atoms with Crippen molar-refractivity contribution >= 4 is 5.91 Å². The fourth-order valence-electron chi connectivity index (χ4n) is 1.63. The summed E-state index contributed by atoms with van der Waals surface area (Å²) in [5.41, 5.74) is 1.58. The number of aromatic nitrogens is 2. The molecule has 0 saturated carbocycles. The molecular formula is C12H21N3O. The second-order valence-electron chi connectivity index (χ2n) is 4.16. The molecule has 4 nitrogen and oxygen atoms in total. The van der Waals surface area contributed by atoms with E-state index in [4.69, 9.17) is 0 Å². The van der Waals surface area contributed by atoms with Crippen LogP contribution in [0.15, 0.2) is 6.20 Å². The maximum absolute atomic E-state index is 11.9. The second-order valence-corrected chi connectivity index (χ2v) is 4.16. The zero-order chi connectivity index (χ0) is 12.1. The molecule has 0 atom stereocenters. The van der Waals surface area contributed by atoms with Crippen LogP contribution in [0.5, 0.6) is 0 Å². The molecule has 1 aromatic heterocycles. The average Bonchev–Trinajstić information content (AvgIpc) is 2.61. The van der Waals surface area contributed by atoms with Gasteiger partial charge in [-0.25, -0.2) is 0 Å². The first-order valence-electron chi connectivity index (χ1n) is 5.86. The Bertz CT molecular complexity index is 353. The molecule has 0 aromatic carbocycles. The molecule has 0 unspecified atom stereocenters. The van der Waals surface area contributed by atoms with Crippen molar-refractivity contribution in [3.05, 3.63) is 17.5 Å². The molecule has 90 valence electrons. The van der Waals surface area contributed by atoms with Crippen molar-refractivity contribution in [1.29, 1.82) is 0 Å². The van der Waals surface area contributed by atoms with E-state index in [1.54, 1.807) is 10.9 Å². The van der Waals surface area contributed by atoms with Crippen LogP contribution in [-0.2, 0) is 7.05 Å². The molecule has 0 fully saturated rings. The highest BCUT2D eigenvalue weighted by atomic mass is 16.1. The number of carbonyl (C=O) groups excluding carboxylic acids is 1. The van der Waals surface area contributed by atoms with E-state index in [-0.39, 0.29) is 5.91 Å². The van der Waals surface area contributed by atoms with Gasteiger partial charge in [0.1, 0.15) is 0 Å². The molecule has 1 aromatic rings. The summed E-state index contributed by atoms with van der Waals surface area (Å²) in [5, 5.41) is 7.02. The molecule has 0 bridgehead atoms. The van der Waals surface area contributed by atoms with Crippen LogP contribution in [0, 0.1) is 12.8 Å². The van der Waals surface area contributed by atoms with Crippen molar-refractivity contribution in [2.24, 2.45) is 13.0 Å². The maximum Gasteiger partial charge on any atom is 0.254 e. The van der Waals surface area contributed by atoms with Gasteiger partial charge in [0.25, 0.3) is 5.91 Å². The first-order chi connectivity index (χ1) is 7.60. The molecule has 0 aliphatic carbocycles. The average molecular weight is 223 g/mol. The number of amides is 1. The fourth-order valence-corrected chi connectivity index (χ4v) is 1.63. The summed E-state index contributed by atoms with van der Waals surface area (Å²) in [5.74, 6) is 0.554. The zero-order valence-corrected chi connectivity index (χ0v) is 10.6. The van der Waals surface area contributed by atoms with Gasteiger partial charge in [0.05, 0.1) is 11.8 Å². The van der Waals surface area contributed by atoms with Crippen LogP contribution in [0.4, 0.5) is 0 Å². The zero-order valence-electron chi connectivity index (χ0n) is 10.6. The van der Waals surface area contributed by atoms with E-state index in [1.807, 2.05) is 14.0 Å². The van der Waals surface area contributed by atoms with Gasteiger partial charge >= 0.3 is 0 Å². The van der Waals surface area contributed by atoms with Crippen LogP contribution >= 0.6 is 0 Å². The van der Waals surface area contributed by atoms with Gasteiger partial charge in [0, 0.05) is 19.3 Å². The monoisotopic (exact) mass is 223 g/mol. The lowest BCUT2D eigenvalue weighted by Gasteiger charge is -2.12. The summed E-state index contributed by atoms with van der Waals surface area (Å²) in [6.07, 6.45) is 3.82. The Kier molecular flexibility index (Phi) is 4.52. The Morgan fingerprint density at radius 1 is 1.50 bits per heavy atom. The third-order valence-electron chi connectivity index (χ3n) is 3.19. The van der Waals surface area contributed by atoms with Crippen LogP contribution in [0.3, 0.4) is 0 Å². The van der Waals surface area contributed by atoms with Gasteiger partial charge in [0.15, 0.2) is 0 Å². The lowest BCUT2D eigenvalue weighted by Crippen LogP contribution is -2.29. The first kappa shape index (κ1) is 12.7. The minimum absolute atomic E-state index is 0.0162. The number of aryl methyl sites for hydroxylation is 1. The molecule has 1 N–H and O–H groups in total. The van der Waals surface area contributed by atoms with E-state index in [0.717, 1.165) is 25.1 Å². The summed E-state index contributed by atoms with van der Waals surface area (Å²) < 4.78 is 1.71. The largest absolute Gasteiger partial charge is 0.352 e. The predicted molar refractivity (Wildman–Crippen MR) is 64.4 cm³/mol. The highest BCUT2D eigenvalue weighted by molar-refractivity contribution is 5.94. The van der Waals surface area contributed by atoms with Crippen LogP contribution in [0.25, 0.3) is 0 Å². The third-order valence-corrected chi connectivity index (χ3v) is 3.19. The molecule has 0 aliphatic rings. The summed E-state index contributed by atoms with van der Waals surface area (Å²) in [6.45, 7) is 6.95. The van der Waals surface area contributed by atoms with Crippen LogP contribution < -0.4 is 5.32 Å². The van der Waals surface area contributed by atoms with Gasteiger partial charge in [-0.2, -0.15) is 5.10 Å². The Morgan fingerprint density at radius 3 is 2.56 bits per heavy atom. The summed E-state index contributed by atoms with van der Waals surface area (Å²) in [6, 6.07) is 0. The van der Waals surface area contributed by atoms with Crippen molar-refractivity contribution in [2.75, 3.05) is 6.54 Å². The van der Waals surface area contributed by atoms with E-state index >= 15 is 0 Å². The quantitative estimate of drug-likeness (QED) is 0.828. The summed E-state index contributed by atoms with van der Waals surface area (Å²) in [7, 11) is 1.84. The second kappa shape index (κ2) is 5.68. The van der Waals surface area contributed by atoms with Crippen LogP contribution in [0.1, 0.15) is 42.7 Å². The van der Waals surface area contributed by atoms with Crippen LogP contribution in [0.2, 0.25) is 0 Å².